The largest absolute Gasteiger partial charge is 0.387 e. The smallest absolute Gasteiger partial charge is 0.156 e. The Morgan fingerprint density at radius 2 is 1.83 bits per heavy atom. The highest BCUT2D eigenvalue weighted by molar-refractivity contribution is 5.83. The van der Waals surface area contributed by atoms with Gasteiger partial charge < -0.3 is 15.1 Å². The van der Waals surface area contributed by atoms with Gasteiger partial charge in [-0.1, -0.05) is 6.07 Å². The van der Waals surface area contributed by atoms with E-state index in [-0.39, 0.29) is 0 Å². The number of aliphatic hydroxyl groups is 2. The zero-order valence-electron chi connectivity index (χ0n) is 20.0. The van der Waals surface area contributed by atoms with Crippen LogP contribution in [0.3, 0.4) is 0 Å². The number of rotatable bonds is 6. The molecule has 0 aliphatic carbocycles. The van der Waals surface area contributed by atoms with Gasteiger partial charge in [0.15, 0.2) is 5.82 Å². The first-order valence-electron chi connectivity index (χ1n) is 11.7. The molecule has 0 radical (unpaired) electrons. The van der Waals surface area contributed by atoms with Gasteiger partial charge in [0.25, 0.3) is 0 Å². The van der Waals surface area contributed by atoms with Crippen LogP contribution < -0.4 is 4.90 Å². The summed E-state index contributed by atoms with van der Waals surface area (Å²) >= 11 is 0. The summed E-state index contributed by atoms with van der Waals surface area (Å²) < 4.78 is 27.3. The van der Waals surface area contributed by atoms with E-state index < -0.39 is 23.3 Å². The Balaban J connectivity index is 1.42. The van der Waals surface area contributed by atoms with Gasteiger partial charge in [-0.25, -0.2) is 18.7 Å². The molecule has 36 heavy (non-hydrogen) atoms. The third-order valence-electron chi connectivity index (χ3n) is 6.36. The van der Waals surface area contributed by atoms with E-state index in [1.807, 2.05) is 0 Å². The molecule has 0 bridgehead atoms. The fraction of sp³-hybridized carbons (Fsp3) is 0.360. The molecule has 3 aromatic heterocycles. The molecule has 1 atom stereocenters. The van der Waals surface area contributed by atoms with Crippen LogP contribution in [0.5, 0.6) is 0 Å². The standard InChI is InChI=1S/C25H27F2N7O2/c1-25(2,36)23(35)20-10-19-21(13-28-20)32-24(22(31-19)16-11-29-30-12-16)34-7-5-33(6-8-34)14-15-3-4-17(26)9-18(15)27/h3-4,9-13,23,35-36H,5-8,14H2,1-2H3,(H,29,30)/t23-/m0/s1. The Morgan fingerprint density at radius 1 is 1.06 bits per heavy atom. The van der Waals surface area contributed by atoms with Gasteiger partial charge in [-0.15, -0.1) is 0 Å². The number of fused-ring (bicyclic) bond motifs is 1. The molecule has 4 heterocycles. The third kappa shape index (κ3) is 4.90. The second kappa shape index (κ2) is 9.49. The number of aromatic nitrogens is 5. The van der Waals surface area contributed by atoms with Crippen molar-refractivity contribution in [3.8, 4) is 11.3 Å². The molecule has 3 N–H and O–H groups in total. The number of hydrogen-bond acceptors (Lipinski definition) is 8. The van der Waals surface area contributed by atoms with Crippen LogP contribution in [0.15, 0.2) is 42.9 Å². The molecule has 1 fully saturated rings. The van der Waals surface area contributed by atoms with Crippen molar-refractivity contribution in [2.24, 2.45) is 0 Å². The minimum absolute atomic E-state index is 0.303. The zero-order valence-corrected chi connectivity index (χ0v) is 20.0. The molecule has 188 valence electrons. The predicted octanol–water partition coefficient (Wildman–Crippen LogP) is 2.82. The summed E-state index contributed by atoms with van der Waals surface area (Å²) in [5.41, 5.74) is 1.88. The number of hydrogen-bond donors (Lipinski definition) is 3. The second-order valence-electron chi connectivity index (χ2n) is 9.54. The van der Waals surface area contributed by atoms with Crippen LogP contribution in [0.1, 0.15) is 31.2 Å². The molecular weight excluding hydrogens is 468 g/mol. The normalized spacial score (nSPS) is 16.0. The average molecular weight is 496 g/mol. The van der Waals surface area contributed by atoms with E-state index in [1.54, 1.807) is 24.7 Å². The Labute approximate surface area is 206 Å². The number of halogens is 2. The van der Waals surface area contributed by atoms with Crippen molar-refractivity contribution in [2.75, 3.05) is 31.1 Å². The van der Waals surface area contributed by atoms with E-state index in [4.69, 9.17) is 9.97 Å². The first kappa shape index (κ1) is 24.2. The highest BCUT2D eigenvalue weighted by Crippen LogP contribution is 2.31. The van der Waals surface area contributed by atoms with E-state index in [0.717, 1.165) is 11.6 Å². The van der Waals surface area contributed by atoms with Crippen LogP contribution in [0.25, 0.3) is 22.3 Å². The number of pyridine rings is 1. The Bertz CT molecular complexity index is 1370. The first-order valence-corrected chi connectivity index (χ1v) is 11.7. The maximum Gasteiger partial charge on any atom is 0.156 e. The number of nitrogens with zero attached hydrogens (tertiary/aromatic N) is 6. The molecule has 1 saturated heterocycles. The summed E-state index contributed by atoms with van der Waals surface area (Å²) in [5.74, 6) is -0.449. The van der Waals surface area contributed by atoms with Crippen LogP contribution in [-0.2, 0) is 6.54 Å². The molecule has 0 saturated carbocycles. The average Bonchev–Trinajstić information content (AvgIpc) is 3.39. The summed E-state index contributed by atoms with van der Waals surface area (Å²) in [7, 11) is 0. The molecule has 0 unspecified atom stereocenters. The molecular formula is C25H27F2N7O2. The number of anilines is 1. The summed E-state index contributed by atoms with van der Waals surface area (Å²) in [5, 5.41) is 27.5. The molecule has 1 aliphatic rings. The number of aliphatic hydroxyl groups excluding tert-OH is 1. The fourth-order valence-corrected chi connectivity index (χ4v) is 4.28. The van der Waals surface area contributed by atoms with Gasteiger partial charge in [-0.05, 0) is 26.0 Å². The number of benzene rings is 1. The minimum atomic E-state index is -1.36. The molecule has 0 spiro atoms. The van der Waals surface area contributed by atoms with Crippen molar-refractivity contribution < 1.29 is 19.0 Å². The van der Waals surface area contributed by atoms with Crippen molar-refractivity contribution in [3.05, 3.63) is 65.7 Å². The summed E-state index contributed by atoms with van der Waals surface area (Å²) in [6, 6.07) is 5.30. The van der Waals surface area contributed by atoms with Gasteiger partial charge in [0.05, 0.1) is 29.2 Å². The first-order chi connectivity index (χ1) is 17.2. The van der Waals surface area contributed by atoms with E-state index in [9.17, 15) is 19.0 Å². The van der Waals surface area contributed by atoms with Gasteiger partial charge in [0, 0.05) is 56.1 Å². The number of piperazine rings is 1. The van der Waals surface area contributed by atoms with Crippen molar-refractivity contribution in [2.45, 2.75) is 32.1 Å². The van der Waals surface area contributed by atoms with Crippen molar-refractivity contribution in [3.63, 3.8) is 0 Å². The number of nitrogens with one attached hydrogen (secondary N) is 1. The van der Waals surface area contributed by atoms with Crippen molar-refractivity contribution >= 4 is 16.9 Å². The quantitative estimate of drug-likeness (QED) is 0.374. The van der Waals surface area contributed by atoms with Crippen LogP contribution in [0, 0.1) is 11.6 Å². The van der Waals surface area contributed by atoms with Gasteiger partial charge in [0.2, 0.25) is 0 Å². The molecule has 1 aliphatic heterocycles. The van der Waals surface area contributed by atoms with Gasteiger partial charge in [0.1, 0.15) is 28.9 Å². The maximum absolute atomic E-state index is 14.1. The van der Waals surface area contributed by atoms with Gasteiger partial charge in [-0.3, -0.25) is 15.0 Å². The maximum atomic E-state index is 14.1. The van der Waals surface area contributed by atoms with E-state index in [0.29, 0.717) is 66.5 Å². The van der Waals surface area contributed by atoms with Gasteiger partial charge >= 0.3 is 0 Å². The summed E-state index contributed by atoms with van der Waals surface area (Å²) in [6.45, 7) is 6.02. The van der Waals surface area contributed by atoms with Crippen molar-refractivity contribution in [1.82, 2.24) is 30.0 Å². The highest BCUT2D eigenvalue weighted by Gasteiger charge is 2.28. The Kier molecular flexibility index (Phi) is 6.37. The lowest BCUT2D eigenvalue weighted by atomic mass is 9.98. The van der Waals surface area contributed by atoms with Crippen molar-refractivity contribution in [1.29, 1.82) is 0 Å². The number of H-pyrrole nitrogens is 1. The summed E-state index contributed by atoms with van der Waals surface area (Å²) in [4.78, 5) is 18.2. The van der Waals surface area contributed by atoms with Gasteiger partial charge in [-0.2, -0.15) is 5.10 Å². The van der Waals surface area contributed by atoms with Crippen LogP contribution in [0.2, 0.25) is 0 Å². The van der Waals surface area contributed by atoms with Crippen LogP contribution in [0.4, 0.5) is 14.6 Å². The third-order valence-corrected chi connectivity index (χ3v) is 6.36. The fourth-order valence-electron chi connectivity index (χ4n) is 4.28. The lowest BCUT2D eigenvalue weighted by Crippen LogP contribution is -2.46. The summed E-state index contributed by atoms with van der Waals surface area (Å²) in [6.07, 6.45) is 3.77. The lowest BCUT2D eigenvalue weighted by Gasteiger charge is -2.36. The Hall–Kier alpha value is -3.54. The SMILES string of the molecule is CC(C)(O)[C@@H](O)c1cc2nc(-c3cn[nH]c3)c(N3CCN(Cc4ccc(F)cc4F)CC3)nc2cn1. The molecule has 0 amide bonds. The molecule has 4 aromatic rings. The lowest BCUT2D eigenvalue weighted by molar-refractivity contribution is -0.0516. The predicted molar refractivity (Wildman–Crippen MR) is 130 cm³/mol. The molecule has 9 nitrogen and oxygen atoms in total. The second-order valence-corrected chi connectivity index (χ2v) is 9.54. The monoisotopic (exact) mass is 495 g/mol. The minimum Gasteiger partial charge on any atom is -0.387 e. The molecule has 5 rings (SSSR count). The highest BCUT2D eigenvalue weighted by atomic mass is 19.1. The zero-order chi connectivity index (χ0) is 25.4. The van der Waals surface area contributed by atoms with Crippen LogP contribution >= 0.6 is 0 Å². The van der Waals surface area contributed by atoms with Crippen LogP contribution in [-0.4, -0.2) is 72.0 Å². The molecule has 11 heteroatoms. The Morgan fingerprint density at radius 3 is 2.50 bits per heavy atom. The van der Waals surface area contributed by atoms with E-state index in [2.05, 4.69) is 25.0 Å². The van der Waals surface area contributed by atoms with E-state index >= 15 is 0 Å². The molecule has 1 aromatic carbocycles. The number of aromatic amines is 1. The van der Waals surface area contributed by atoms with E-state index in [1.165, 1.54) is 26.0 Å². The topological polar surface area (TPSA) is 114 Å².